The minimum atomic E-state index is -0.573. The Kier molecular flexibility index (Phi) is 5.33. The largest absolute Gasteiger partial charge is 0.350 e. The van der Waals surface area contributed by atoms with Crippen molar-refractivity contribution in [2.24, 2.45) is 39.4 Å². The monoisotopic (exact) mass is 489 g/mol. The van der Waals surface area contributed by atoms with E-state index >= 15 is 0 Å². The quantitative estimate of drug-likeness (QED) is 0.510. The highest BCUT2D eigenvalue weighted by Crippen LogP contribution is 2.65. The zero-order valence-electron chi connectivity index (χ0n) is 20.9. The Balaban J connectivity index is 1.31. The lowest BCUT2D eigenvalue weighted by Crippen LogP contribution is -2.49. The fourth-order valence-corrected chi connectivity index (χ4v) is 9.14. The molecule has 2 aromatic rings. The number of benzene rings is 1. The van der Waals surface area contributed by atoms with Gasteiger partial charge in [-0.15, -0.1) is 0 Å². The summed E-state index contributed by atoms with van der Waals surface area (Å²) in [5, 5.41) is 5.54. The molecule has 1 heterocycles. The number of amides is 2. The number of para-hydroxylation sites is 1. The maximum atomic E-state index is 11.3. The van der Waals surface area contributed by atoms with E-state index in [2.05, 4.69) is 72.7 Å². The first-order chi connectivity index (χ1) is 16.8. The van der Waals surface area contributed by atoms with Crippen LogP contribution in [0.5, 0.6) is 0 Å². The van der Waals surface area contributed by atoms with Gasteiger partial charge in [0.2, 0.25) is 0 Å². The number of aryl methyl sites for hydroxylation is 1. The number of thiazole rings is 1. The number of primary amides is 1. The van der Waals surface area contributed by atoms with Gasteiger partial charge in [0.15, 0.2) is 5.13 Å². The van der Waals surface area contributed by atoms with Crippen LogP contribution in [0.1, 0.15) is 62.9 Å². The maximum Gasteiger partial charge on any atom is 0.332 e. The van der Waals surface area contributed by atoms with Crippen LogP contribution in [0, 0.1) is 28.6 Å². The molecule has 0 spiro atoms. The number of hydrogen-bond acceptors (Lipinski definition) is 5. The predicted molar refractivity (Wildman–Crippen MR) is 143 cm³/mol. The van der Waals surface area contributed by atoms with E-state index in [0.29, 0.717) is 17.8 Å². The minimum absolute atomic E-state index is 0.0706. The van der Waals surface area contributed by atoms with E-state index in [4.69, 9.17) is 10.7 Å². The zero-order chi connectivity index (χ0) is 24.4. The summed E-state index contributed by atoms with van der Waals surface area (Å²) < 4.78 is 0. The standard InChI is InChI=1S/C28H35N5OS/c1-27-16-14-22-24(35-26(30-22)33(3)17-7-5-4-6-8-17)21(27)10-9-18-19-11-12-23(31-32-25(29)34)28(19,2)15-13-20(18)27/h4-8,10,18-20H,9,11-16H2,1-3H3,(H3,29,32,34)/b31-23+/t18-,19-,20-,27+,28-/m0/s1. The molecule has 0 saturated heterocycles. The van der Waals surface area contributed by atoms with Crippen molar-refractivity contribution in [3.8, 4) is 0 Å². The van der Waals surface area contributed by atoms with E-state index in [9.17, 15) is 4.79 Å². The number of nitrogens with zero attached hydrogens (tertiary/aromatic N) is 3. The van der Waals surface area contributed by atoms with E-state index < -0.39 is 6.03 Å². The normalized spacial score (nSPS) is 34.3. The molecule has 0 unspecified atom stereocenters. The molecular weight excluding hydrogens is 454 g/mol. The molecule has 0 bridgehead atoms. The first kappa shape index (κ1) is 22.8. The molecule has 2 fully saturated rings. The Morgan fingerprint density at radius 1 is 1.14 bits per heavy atom. The van der Waals surface area contributed by atoms with E-state index in [1.54, 1.807) is 5.57 Å². The number of hydrazone groups is 1. The number of aromatic nitrogens is 1. The lowest BCUT2D eigenvalue weighted by Gasteiger charge is -2.56. The zero-order valence-corrected chi connectivity index (χ0v) is 21.7. The third-order valence-electron chi connectivity index (χ3n) is 9.75. The molecule has 4 aliphatic carbocycles. The molecule has 2 saturated carbocycles. The molecule has 5 atom stereocenters. The third-order valence-corrected chi connectivity index (χ3v) is 11.0. The first-order valence-electron chi connectivity index (χ1n) is 12.9. The molecule has 6 nitrogen and oxygen atoms in total. The SMILES string of the molecule is CN(c1ccccc1)c1nc2c(s1)C1=CC[C@@H]3[C@H](CC[C@]4(C)/C(=N/NC(N)=O)CC[C@@H]34)[C@@]1(C)CC2. The van der Waals surface area contributed by atoms with E-state index in [1.165, 1.54) is 29.1 Å². The number of rotatable bonds is 3. The fourth-order valence-electron chi connectivity index (χ4n) is 7.86. The Labute approximate surface area is 211 Å². The van der Waals surface area contributed by atoms with Gasteiger partial charge < -0.3 is 10.6 Å². The second-order valence-electron chi connectivity index (χ2n) is 11.3. The highest BCUT2D eigenvalue weighted by molar-refractivity contribution is 7.16. The number of carbonyl (C=O) groups is 1. The number of nitrogens with two attached hydrogens (primary N) is 1. The Bertz CT molecular complexity index is 1220. The molecule has 0 radical (unpaired) electrons. The first-order valence-corrected chi connectivity index (χ1v) is 13.7. The molecule has 4 aliphatic rings. The summed E-state index contributed by atoms with van der Waals surface area (Å²) in [4.78, 5) is 20.0. The van der Waals surface area contributed by atoms with Crippen molar-refractivity contribution in [1.82, 2.24) is 10.4 Å². The molecule has 7 heteroatoms. The van der Waals surface area contributed by atoms with Crippen LogP contribution in [0.2, 0.25) is 0 Å². The van der Waals surface area contributed by atoms with Crippen molar-refractivity contribution in [2.75, 3.05) is 11.9 Å². The molecule has 3 N–H and O–H groups in total. The van der Waals surface area contributed by atoms with Crippen molar-refractivity contribution in [3.05, 3.63) is 47.0 Å². The minimum Gasteiger partial charge on any atom is -0.350 e. The highest BCUT2D eigenvalue weighted by Gasteiger charge is 2.58. The van der Waals surface area contributed by atoms with Gasteiger partial charge in [-0.05, 0) is 85.8 Å². The molecule has 184 valence electrons. The van der Waals surface area contributed by atoms with Crippen LogP contribution in [-0.4, -0.2) is 23.8 Å². The van der Waals surface area contributed by atoms with Gasteiger partial charge in [-0.1, -0.05) is 49.5 Å². The van der Waals surface area contributed by atoms with Gasteiger partial charge in [0.25, 0.3) is 0 Å². The lowest BCUT2D eigenvalue weighted by molar-refractivity contribution is 0.0116. The average molecular weight is 490 g/mol. The highest BCUT2D eigenvalue weighted by atomic mass is 32.1. The number of allylic oxidation sites excluding steroid dienone is 2. The number of anilines is 2. The van der Waals surface area contributed by atoms with Gasteiger partial charge in [-0.25, -0.2) is 15.2 Å². The van der Waals surface area contributed by atoms with Crippen LogP contribution in [0.3, 0.4) is 0 Å². The number of hydrogen-bond donors (Lipinski definition) is 2. The van der Waals surface area contributed by atoms with Crippen molar-refractivity contribution < 1.29 is 4.79 Å². The molecular formula is C28H35N5OS. The summed E-state index contributed by atoms with van der Waals surface area (Å²) >= 11 is 1.87. The molecule has 6 rings (SSSR count). The second-order valence-corrected chi connectivity index (χ2v) is 12.3. The van der Waals surface area contributed by atoms with Gasteiger partial charge in [0, 0.05) is 23.9 Å². The van der Waals surface area contributed by atoms with Gasteiger partial charge in [-0.2, -0.15) is 5.10 Å². The smallest absolute Gasteiger partial charge is 0.332 e. The van der Waals surface area contributed by atoms with E-state index in [1.807, 2.05) is 11.3 Å². The van der Waals surface area contributed by atoms with Crippen molar-refractivity contribution in [2.45, 2.75) is 58.8 Å². The fraction of sp³-hybridized carbons (Fsp3) is 0.536. The molecule has 35 heavy (non-hydrogen) atoms. The molecule has 1 aromatic heterocycles. The number of urea groups is 1. The van der Waals surface area contributed by atoms with E-state index in [0.717, 1.165) is 42.9 Å². The van der Waals surface area contributed by atoms with Crippen LogP contribution >= 0.6 is 11.3 Å². The van der Waals surface area contributed by atoms with Crippen LogP contribution in [-0.2, 0) is 6.42 Å². The van der Waals surface area contributed by atoms with Crippen molar-refractivity contribution in [1.29, 1.82) is 0 Å². The summed E-state index contributed by atoms with van der Waals surface area (Å²) in [7, 11) is 2.12. The predicted octanol–water partition coefficient (Wildman–Crippen LogP) is 6.12. The summed E-state index contributed by atoms with van der Waals surface area (Å²) in [6.07, 6.45) is 10.4. The summed E-state index contributed by atoms with van der Waals surface area (Å²) in [6.45, 7) is 4.90. The van der Waals surface area contributed by atoms with Gasteiger partial charge in [0.1, 0.15) is 0 Å². The summed E-state index contributed by atoms with van der Waals surface area (Å²) in [5.74, 6) is 1.98. The third kappa shape index (κ3) is 3.45. The van der Waals surface area contributed by atoms with Gasteiger partial charge >= 0.3 is 6.03 Å². The Morgan fingerprint density at radius 2 is 1.91 bits per heavy atom. The maximum absolute atomic E-state index is 11.3. The van der Waals surface area contributed by atoms with Crippen molar-refractivity contribution in [3.63, 3.8) is 0 Å². The second kappa shape index (κ2) is 8.19. The lowest BCUT2D eigenvalue weighted by atomic mass is 9.48. The van der Waals surface area contributed by atoms with Crippen LogP contribution in [0.15, 0.2) is 41.5 Å². The summed E-state index contributed by atoms with van der Waals surface area (Å²) in [6, 6.07) is 9.94. The van der Waals surface area contributed by atoms with Gasteiger partial charge in [0.05, 0.1) is 10.6 Å². The topological polar surface area (TPSA) is 83.6 Å². The number of nitrogens with one attached hydrogen (secondary N) is 1. The van der Waals surface area contributed by atoms with Crippen molar-refractivity contribution >= 4 is 39.5 Å². The Hall–Kier alpha value is -2.67. The molecule has 1 aromatic carbocycles. The van der Waals surface area contributed by atoms with E-state index in [-0.39, 0.29) is 10.8 Å². The van der Waals surface area contributed by atoms with Gasteiger partial charge in [-0.3, -0.25) is 0 Å². The van der Waals surface area contributed by atoms with Crippen LogP contribution in [0.4, 0.5) is 15.6 Å². The summed E-state index contributed by atoms with van der Waals surface area (Å²) in [5.41, 5.74) is 13.2. The van der Waals surface area contributed by atoms with Crippen LogP contribution in [0.25, 0.3) is 5.57 Å². The van der Waals surface area contributed by atoms with Crippen LogP contribution < -0.4 is 16.1 Å². The number of fused-ring (bicyclic) bond motifs is 7. The number of carbonyl (C=O) groups excluding carboxylic acids is 1. The molecule has 0 aliphatic heterocycles. The average Bonchev–Trinajstić information content (AvgIpc) is 3.43. The molecule has 2 amide bonds. The Morgan fingerprint density at radius 3 is 2.69 bits per heavy atom.